The summed E-state index contributed by atoms with van der Waals surface area (Å²) in [4.78, 5) is 12.1. The number of amides is 1. The molecule has 25 heavy (non-hydrogen) atoms. The second-order valence-electron chi connectivity index (χ2n) is 5.15. The van der Waals surface area contributed by atoms with Gasteiger partial charge in [-0.3, -0.25) is 9.48 Å². The van der Waals surface area contributed by atoms with Crippen LogP contribution in [0, 0.1) is 0 Å². The van der Waals surface area contributed by atoms with E-state index in [1.807, 2.05) is 0 Å². The number of rotatable bonds is 7. The number of nitrogens with zero attached hydrogens (tertiary/aromatic N) is 4. The van der Waals surface area contributed by atoms with Crippen molar-refractivity contribution >= 4 is 29.1 Å². The lowest BCUT2D eigenvalue weighted by molar-refractivity contribution is 0.0945. The van der Waals surface area contributed by atoms with Gasteiger partial charge in [0, 0.05) is 24.0 Å². The molecule has 0 atom stereocenters. The number of nitrogens with one attached hydrogen (secondary N) is 1. The Morgan fingerprint density at radius 1 is 1.20 bits per heavy atom. The largest absolute Gasteiger partial charge is 0.471 e. The van der Waals surface area contributed by atoms with E-state index in [0.29, 0.717) is 34.6 Å². The van der Waals surface area contributed by atoms with E-state index >= 15 is 0 Å². The summed E-state index contributed by atoms with van der Waals surface area (Å²) in [5, 5.41) is 12.1. The van der Waals surface area contributed by atoms with E-state index in [0.717, 1.165) is 0 Å². The fraction of sp³-hybridized carbons (Fsp3) is 0.188. The van der Waals surface area contributed by atoms with Crippen LogP contribution < -0.4 is 10.1 Å². The van der Waals surface area contributed by atoms with Crippen LogP contribution in [0.2, 0.25) is 10.0 Å². The number of benzene rings is 1. The predicted molar refractivity (Wildman–Crippen MR) is 93.9 cm³/mol. The average molecular weight is 380 g/mol. The highest BCUT2D eigenvalue weighted by Crippen LogP contribution is 2.17. The first-order chi connectivity index (χ1) is 12.1. The molecule has 0 bridgehead atoms. The second kappa shape index (κ2) is 8.04. The van der Waals surface area contributed by atoms with Crippen molar-refractivity contribution in [2.24, 2.45) is 0 Å². The third-order valence-corrected chi connectivity index (χ3v) is 3.69. The highest BCUT2D eigenvalue weighted by Gasteiger charge is 2.09. The van der Waals surface area contributed by atoms with Crippen molar-refractivity contribution < 1.29 is 9.53 Å². The number of carbonyl (C=O) groups excluding carboxylic acids is 1. The topological polar surface area (TPSA) is 74.0 Å². The van der Waals surface area contributed by atoms with E-state index in [2.05, 4.69) is 15.5 Å². The van der Waals surface area contributed by atoms with Crippen LogP contribution in [0.1, 0.15) is 10.5 Å². The normalized spacial score (nSPS) is 10.6. The minimum Gasteiger partial charge on any atom is -0.471 e. The van der Waals surface area contributed by atoms with Gasteiger partial charge in [0.15, 0.2) is 6.73 Å². The van der Waals surface area contributed by atoms with Crippen LogP contribution in [-0.2, 0) is 13.3 Å². The Morgan fingerprint density at radius 3 is 2.84 bits per heavy atom. The number of carbonyl (C=O) groups is 1. The first-order valence-corrected chi connectivity index (χ1v) is 8.24. The van der Waals surface area contributed by atoms with Gasteiger partial charge in [-0.05, 0) is 24.3 Å². The van der Waals surface area contributed by atoms with Crippen molar-refractivity contribution in [1.82, 2.24) is 24.9 Å². The number of halogens is 2. The fourth-order valence-electron chi connectivity index (χ4n) is 2.09. The van der Waals surface area contributed by atoms with Gasteiger partial charge in [0.1, 0.15) is 11.4 Å². The average Bonchev–Trinajstić information content (AvgIpc) is 3.22. The molecule has 3 aromatic rings. The molecule has 0 aliphatic heterocycles. The molecule has 2 heterocycles. The lowest BCUT2D eigenvalue weighted by atomic mass is 10.3. The molecular weight excluding hydrogens is 365 g/mol. The SMILES string of the molecule is O=C(NCCn1cc(Cl)cn1)c1ccn(COc2cccc(Cl)c2)n1. The number of hydrogen-bond donors (Lipinski definition) is 1. The van der Waals surface area contributed by atoms with Gasteiger partial charge in [0.05, 0.1) is 17.8 Å². The van der Waals surface area contributed by atoms with Gasteiger partial charge in [0.2, 0.25) is 0 Å². The summed E-state index contributed by atoms with van der Waals surface area (Å²) >= 11 is 11.7. The predicted octanol–water partition coefficient (Wildman–Crippen LogP) is 2.85. The molecule has 9 heteroatoms. The summed E-state index contributed by atoms with van der Waals surface area (Å²) in [6, 6.07) is 8.70. The quantitative estimate of drug-likeness (QED) is 0.684. The van der Waals surface area contributed by atoms with E-state index in [-0.39, 0.29) is 12.6 Å². The Balaban J connectivity index is 1.47. The van der Waals surface area contributed by atoms with Crippen LogP contribution in [0.25, 0.3) is 0 Å². The maximum Gasteiger partial charge on any atom is 0.271 e. The minimum atomic E-state index is -0.264. The first-order valence-electron chi connectivity index (χ1n) is 7.48. The zero-order valence-electron chi connectivity index (χ0n) is 13.1. The zero-order chi connectivity index (χ0) is 17.6. The smallest absolute Gasteiger partial charge is 0.271 e. The van der Waals surface area contributed by atoms with E-state index in [9.17, 15) is 4.79 Å². The Hall–Kier alpha value is -2.51. The zero-order valence-corrected chi connectivity index (χ0v) is 14.6. The fourth-order valence-corrected chi connectivity index (χ4v) is 2.42. The Bertz CT molecular complexity index is 862. The van der Waals surface area contributed by atoms with Crippen molar-refractivity contribution in [2.45, 2.75) is 13.3 Å². The summed E-state index contributed by atoms with van der Waals surface area (Å²) in [5.74, 6) is 0.367. The molecule has 1 amide bonds. The van der Waals surface area contributed by atoms with Crippen molar-refractivity contribution in [3.8, 4) is 5.75 Å². The highest BCUT2D eigenvalue weighted by molar-refractivity contribution is 6.30. The van der Waals surface area contributed by atoms with E-state index in [1.54, 1.807) is 53.6 Å². The summed E-state index contributed by atoms with van der Waals surface area (Å²) in [6.07, 6.45) is 4.91. The van der Waals surface area contributed by atoms with E-state index in [1.165, 1.54) is 4.68 Å². The molecule has 0 aliphatic carbocycles. The van der Waals surface area contributed by atoms with Gasteiger partial charge in [0.25, 0.3) is 5.91 Å². The van der Waals surface area contributed by atoms with Gasteiger partial charge in [-0.25, -0.2) is 4.68 Å². The molecule has 7 nitrogen and oxygen atoms in total. The van der Waals surface area contributed by atoms with Crippen LogP contribution in [0.3, 0.4) is 0 Å². The molecule has 2 aromatic heterocycles. The van der Waals surface area contributed by atoms with Crippen LogP contribution in [0.15, 0.2) is 48.9 Å². The molecule has 130 valence electrons. The lowest BCUT2D eigenvalue weighted by Gasteiger charge is -2.06. The third kappa shape index (κ3) is 4.98. The lowest BCUT2D eigenvalue weighted by Crippen LogP contribution is -2.27. The molecule has 1 N–H and O–H groups in total. The molecule has 0 saturated heterocycles. The summed E-state index contributed by atoms with van der Waals surface area (Å²) in [5.41, 5.74) is 0.313. The highest BCUT2D eigenvalue weighted by atomic mass is 35.5. The summed E-state index contributed by atoms with van der Waals surface area (Å²) < 4.78 is 8.75. The van der Waals surface area contributed by atoms with Gasteiger partial charge in [-0.2, -0.15) is 10.2 Å². The van der Waals surface area contributed by atoms with Crippen LogP contribution in [0.5, 0.6) is 5.75 Å². The van der Waals surface area contributed by atoms with E-state index < -0.39 is 0 Å². The van der Waals surface area contributed by atoms with Gasteiger partial charge in [-0.1, -0.05) is 29.3 Å². The summed E-state index contributed by atoms with van der Waals surface area (Å²) in [7, 11) is 0. The molecule has 0 aliphatic rings. The summed E-state index contributed by atoms with van der Waals surface area (Å²) in [6.45, 7) is 1.12. The monoisotopic (exact) mass is 379 g/mol. The van der Waals surface area contributed by atoms with E-state index in [4.69, 9.17) is 27.9 Å². The van der Waals surface area contributed by atoms with Crippen LogP contribution in [-0.4, -0.2) is 32.0 Å². The molecular formula is C16H15Cl2N5O2. The van der Waals surface area contributed by atoms with Gasteiger partial charge >= 0.3 is 0 Å². The van der Waals surface area contributed by atoms with Crippen molar-refractivity contribution in [2.75, 3.05) is 6.54 Å². The number of hydrogen-bond acceptors (Lipinski definition) is 4. The van der Waals surface area contributed by atoms with Crippen LogP contribution in [0.4, 0.5) is 0 Å². The molecule has 3 rings (SSSR count). The van der Waals surface area contributed by atoms with Crippen molar-refractivity contribution in [1.29, 1.82) is 0 Å². The Kier molecular flexibility index (Phi) is 5.57. The first kappa shape index (κ1) is 17.3. The standard InChI is InChI=1S/C16H15Cl2N5O2/c17-12-2-1-3-14(8-12)25-11-23-6-4-15(21-23)16(24)19-5-7-22-10-13(18)9-20-22/h1-4,6,8-10H,5,7,11H2,(H,19,24). The molecule has 0 fully saturated rings. The van der Waals surface area contributed by atoms with Crippen LogP contribution >= 0.6 is 23.2 Å². The molecule has 0 spiro atoms. The molecule has 1 aromatic carbocycles. The van der Waals surface area contributed by atoms with Gasteiger partial charge < -0.3 is 10.1 Å². The third-order valence-electron chi connectivity index (χ3n) is 3.26. The van der Waals surface area contributed by atoms with Crippen molar-refractivity contribution in [3.63, 3.8) is 0 Å². The maximum absolute atomic E-state index is 12.1. The molecule has 0 unspecified atom stereocenters. The second-order valence-corrected chi connectivity index (χ2v) is 6.02. The van der Waals surface area contributed by atoms with Gasteiger partial charge in [-0.15, -0.1) is 0 Å². The number of ether oxygens (including phenoxy) is 1. The van der Waals surface area contributed by atoms with Crippen molar-refractivity contribution in [3.05, 3.63) is 64.7 Å². The minimum absolute atomic E-state index is 0.180. The Labute approximate surface area is 154 Å². The molecule has 0 radical (unpaired) electrons. The maximum atomic E-state index is 12.1. The number of aromatic nitrogens is 4. The molecule has 0 saturated carbocycles. The Morgan fingerprint density at radius 2 is 2.08 bits per heavy atom.